The lowest BCUT2D eigenvalue weighted by Crippen LogP contribution is -2.08. The van der Waals surface area contributed by atoms with Crippen LogP contribution >= 0.6 is 0 Å². The van der Waals surface area contributed by atoms with Crippen molar-refractivity contribution >= 4 is 0 Å². The summed E-state index contributed by atoms with van der Waals surface area (Å²) in [5.41, 5.74) is 1.30. The van der Waals surface area contributed by atoms with Gasteiger partial charge in [-0.15, -0.1) is 0 Å². The van der Waals surface area contributed by atoms with Crippen LogP contribution in [-0.2, 0) is 0 Å². The Balaban J connectivity index is 1.84. The monoisotopic (exact) mass is 215 g/mol. The van der Waals surface area contributed by atoms with Gasteiger partial charge in [0.15, 0.2) is 5.82 Å². The van der Waals surface area contributed by atoms with Gasteiger partial charge >= 0.3 is 0 Å². The highest BCUT2D eigenvalue weighted by Gasteiger charge is 2.16. The highest BCUT2D eigenvalue weighted by Crippen LogP contribution is 2.21. The molecule has 0 aromatic carbocycles. The molecule has 5 nitrogen and oxygen atoms in total. The van der Waals surface area contributed by atoms with Crippen LogP contribution in [0.3, 0.4) is 0 Å². The van der Waals surface area contributed by atoms with Gasteiger partial charge in [-0.3, -0.25) is 0 Å². The third kappa shape index (κ3) is 1.69. The van der Waals surface area contributed by atoms with E-state index in [0.717, 1.165) is 18.9 Å². The van der Waals surface area contributed by atoms with Crippen LogP contribution in [0.5, 0.6) is 0 Å². The normalized spacial score (nSPS) is 20.1. The second kappa shape index (κ2) is 4.02. The molecule has 0 spiro atoms. The standard InChI is InChI=1S/C11H13N5/c1-2-11(16-8-13-7-15-16)14-6-9(1)10-3-4-12-5-10/h1-2,6-8,10,12H,3-5H2. The average Bonchev–Trinajstić information content (AvgIpc) is 3.03. The highest BCUT2D eigenvalue weighted by molar-refractivity contribution is 5.26. The smallest absolute Gasteiger partial charge is 0.155 e. The Labute approximate surface area is 93.5 Å². The molecule has 0 bridgehead atoms. The van der Waals surface area contributed by atoms with E-state index in [0.29, 0.717) is 5.92 Å². The Kier molecular flexibility index (Phi) is 2.38. The molecule has 0 radical (unpaired) electrons. The van der Waals surface area contributed by atoms with Crippen molar-refractivity contribution in [2.75, 3.05) is 13.1 Å². The molecule has 3 rings (SSSR count). The van der Waals surface area contributed by atoms with Gasteiger partial charge < -0.3 is 5.32 Å². The third-order valence-corrected chi connectivity index (χ3v) is 2.96. The lowest BCUT2D eigenvalue weighted by Gasteiger charge is -2.08. The molecule has 3 heterocycles. The molecular formula is C11H13N5. The lowest BCUT2D eigenvalue weighted by atomic mass is 10.0. The number of hydrogen-bond donors (Lipinski definition) is 1. The zero-order valence-electron chi connectivity index (χ0n) is 8.87. The van der Waals surface area contributed by atoms with E-state index >= 15 is 0 Å². The van der Waals surface area contributed by atoms with Gasteiger partial charge in [-0.1, -0.05) is 6.07 Å². The van der Waals surface area contributed by atoms with E-state index in [1.54, 1.807) is 11.0 Å². The third-order valence-electron chi connectivity index (χ3n) is 2.96. The molecule has 1 aliphatic heterocycles. The molecule has 1 aliphatic rings. The minimum Gasteiger partial charge on any atom is -0.316 e. The van der Waals surface area contributed by atoms with Gasteiger partial charge in [0.1, 0.15) is 12.7 Å². The second-order valence-electron chi connectivity index (χ2n) is 3.98. The minimum atomic E-state index is 0.609. The molecule has 0 amide bonds. The van der Waals surface area contributed by atoms with Crippen molar-refractivity contribution in [3.63, 3.8) is 0 Å². The van der Waals surface area contributed by atoms with Crippen LogP contribution in [0.4, 0.5) is 0 Å². The first-order valence-corrected chi connectivity index (χ1v) is 5.45. The fourth-order valence-electron chi connectivity index (χ4n) is 2.04. The van der Waals surface area contributed by atoms with Gasteiger partial charge in [0.05, 0.1) is 0 Å². The number of nitrogens with zero attached hydrogens (tertiary/aromatic N) is 4. The van der Waals surface area contributed by atoms with E-state index in [9.17, 15) is 0 Å². The minimum absolute atomic E-state index is 0.609. The first kappa shape index (κ1) is 9.47. The molecule has 1 saturated heterocycles. The number of hydrogen-bond acceptors (Lipinski definition) is 4. The van der Waals surface area contributed by atoms with Crippen LogP contribution < -0.4 is 5.32 Å². The van der Waals surface area contributed by atoms with Crippen LogP contribution in [0.1, 0.15) is 17.9 Å². The van der Waals surface area contributed by atoms with Gasteiger partial charge in [0, 0.05) is 12.7 Å². The zero-order valence-corrected chi connectivity index (χ0v) is 8.87. The number of rotatable bonds is 2. The first-order valence-electron chi connectivity index (χ1n) is 5.45. The largest absolute Gasteiger partial charge is 0.316 e. The van der Waals surface area contributed by atoms with Crippen molar-refractivity contribution in [1.29, 1.82) is 0 Å². The summed E-state index contributed by atoms with van der Waals surface area (Å²) in [5, 5.41) is 7.40. The van der Waals surface area contributed by atoms with E-state index in [-0.39, 0.29) is 0 Å². The van der Waals surface area contributed by atoms with Crippen molar-refractivity contribution in [2.24, 2.45) is 0 Å². The van der Waals surface area contributed by atoms with Crippen molar-refractivity contribution in [2.45, 2.75) is 12.3 Å². The van der Waals surface area contributed by atoms with Crippen LogP contribution in [0.15, 0.2) is 31.0 Å². The fraction of sp³-hybridized carbons (Fsp3) is 0.364. The summed E-state index contributed by atoms with van der Waals surface area (Å²) in [6, 6.07) is 4.12. The van der Waals surface area contributed by atoms with Crippen molar-refractivity contribution in [3.05, 3.63) is 36.5 Å². The van der Waals surface area contributed by atoms with Gasteiger partial charge in [-0.05, 0) is 30.5 Å². The maximum absolute atomic E-state index is 4.40. The molecule has 1 fully saturated rings. The lowest BCUT2D eigenvalue weighted by molar-refractivity contribution is 0.753. The molecule has 2 aromatic heterocycles. The summed E-state index contributed by atoms with van der Waals surface area (Å²) >= 11 is 0. The first-order chi connectivity index (χ1) is 7.93. The highest BCUT2D eigenvalue weighted by atomic mass is 15.3. The predicted molar refractivity (Wildman–Crippen MR) is 59.4 cm³/mol. The van der Waals surface area contributed by atoms with E-state index in [2.05, 4.69) is 26.4 Å². The van der Waals surface area contributed by atoms with E-state index in [1.807, 2.05) is 12.3 Å². The summed E-state index contributed by atoms with van der Waals surface area (Å²) in [6.07, 6.45) is 6.30. The zero-order chi connectivity index (χ0) is 10.8. The molecule has 0 aliphatic carbocycles. The molecule has 1 atom stereocenters. The Bertz CT molecular complexity index is 442. The Morgan fingerprint density at radius 2 is 2.38 bits per heavy atom. The van der Waals surface area contributed by atoms with Crippen molar-refractivity contribution in [3.8, 4) is 5.82 Å². The summed E-state index contributed by atoms with van der Waals surface area (Å²) in [5.74, 6) is 1.42. The number of aromatic nitrogens is 4. The summed E-state index contributed by atoms with van der Waals surface area (Å²) in [4.78, 5) is 8.30. The molecule has 1 unspecified atom stereocenters. The van der Waals surface area contributed by atoms with Crippen LogP contribution in [0.25, 0.3) is 5.82 Å². The van der Waals surface area contributed by atoms with Crippen molar-refractivity contribution in [1.82, 2.24) is 25.1 Å². The van der Waals surface area contributed by atoms with E-state index in [4.69, 9.17) is 0 Å². The molecular weight excluding hydrogens is 202 g/mol. The van der Waals surface area contributed by atoms with Gasteiger partial charge in [0.2, 0.25) is 0 Å². The molecule has 0 saturated carbocycles. The quantitative estimate of drug-likeness (QED) is 0.802. The van der Waals surface area contributed by atoms with Gasteiger partial charge in [-0.25, -0.2) is 14.6 Å². The maximum Gasteiger partial charge on any atom is 0.155 e. The predicted octanol–water partition coefficient (Wildman–Crippen LogP) is 0.739. The van der Waals surface area contributed by atoms with Crippen molar-refractivity contribution < 1.29 is 0 Å². The van der Waals surface area contributed by atoms with Crippen LogP contribution in [0.2, 0.25) is 0 Å². The Morgan fingerprint density at radius 1 is 1.38 bits per heavy atom. The summed E-state index contributed by atoms with van der Waals surface area (Å²) < 4.78 is 1.66. The SMILES string of the molecule is c1ncn(-c2ccc(C3CCNC3)cn2)n1. The molecule has 5 heteroatoms. The van der Waals surface area contributed by atoms with Crippen LogP contribution in [-0.4, -0.2) is 32.8 Å². The average molecular weight is 215 g/mol. The second-order valence-corrected chi connectivity index (χ2v) is 3.98. The maximum atomic E-state index is 4.40. The van der Waals surface area contributed by atoms with Crippen LogP contribution in [0, 0.1) is 0 Å². The summed E-state index contributed by atoms with van der Waals surface area (Å²) in [7, 11) is 0. The number of nitrogens with one attached hydrogen (secondary N) is 1. The number of pyridine rings is 1. The Hall–Kier alpha value is -1.75. The fourth-order valence-corrected chi connectivity index (χ4v) is 2.04. The molecule has 16 heavy (non-hydrogen) atoms. The summed E-state index contributed by atoms with van der Waals surface area (Å²) in [6.45, 7) is 2.17. The van der Waals surface area contributed by atoms with E-state index < -0.39 is 0 Å². The topological polar surface area (TPSA) is 55.6 Å². The van der Waals surface area contributed by atoms with E-state index in [1.165, 1.54) is 18.3 Å². The molecule has 2 aromatic rings. The van der Waals surface area contributed by atoms with Gasteiger partial charge in [-0.2, -0.15) is 5.10 Å². The molecule has 1 N–H and O–H groups in total. The Morgan fingerprint density at radius 3 is 3.00 bits per heavy atom. The molecule has 82 valence electrons. The van der Waals surface area contributed by atoms with Gasteiger partial charge in [0.25, 0.3) is 0 Å².